The molecule has 1 fully saturated rings. The SMILES string of the molecule is O=C(Cn1nc(C(F)(F)F)c2c1CCCCC2)N1CCN(Cc2ccc(Cl)cc2Cl)CC1. The second kappa shape index (κ2) is 9.61. The van der Waals surface area contributed by atoms with Crippen molar-refractivity contribution in [1.82, 2.24) is 19.6 Å². The highest BCUT2D eigenvalue weighted by Gasteiger charge is 2.39. The number of hydrogen-bond donors (Lipinski definition) is 0. The second-order valence-electron chi connectivity index (χ2n) is 8.38. The quantitative estimate of drug-likeness (QED) is 0.579. The van der Waals surface area contributed by atoms with E-state index in [-0.39, 0.29) is 18.0 Å². The van der Waals surface area contributed by atoms with Gasteiger partial charge in [0.15, 0.2) is 5.69 Å². The lowest BCUT2D eigenvalue weighted by molar-refractivity contribution is -0.142. The summed E-state index contributed by atoms with van der Waals surface area (Å²) in [6, 6.07) is 5.40. The number of carbonyl (C=O) groups is 1. The van der Waals surface area contributed by atoms with Crippen LogP contribution in [-0.4, -0.2) is 51.7 Å². The number of aromatic nitrogens is 2. The number of benzene rings is 1. The van der Waals surface area contributed by atoms with Gasteiger partial charge in [-0.1, -0.05) is 35.7 Å². The Balaban J connectivity index is 1.39. The van der Waals surface area contributed by atoms with E-state index in [0.717, 1.165) is 24.8 Å². The molecule has 1 aliphatic carbocycles. The Hall–Kier alpha value is -1.77. The smallest absolute Gasteiger partial charge is 0.339 e. The van der Waals surface area contributed by atoms with Crippen molar-refractivity contribution in [3.8, 4) is 0 Å². The number of piperazine rings is 1. The Kier molecular flexibility index (Phi) is 7.03. The topological polar surface area (TPSA) is 41.4 Å². The lowest BCUT2D eigenvalue weighted by atomic mass is 10.1. The van der Waals surface area contributed by atoms with Gasteiger partial charge in [-0.25, -0.2) is 0 Å². The van der Waals surface area contributed by atoms with Gasteiger partial charge < -0.3 is 4.90 Å². The molecule has 0 saturated carbocycles. The zero-order chi connectivity index (χ0) is 22.9. The Bertz CT molecular complexity index is 984. The Morgan fingerprint density at radius 2 is 1.75 bits per heavy atom. The number of amides is 1. The molecule has 0 bridgehead atoms. The molecule has 2 aromatic rings. The van der Waals surface area contributed by atoms with Gasteiger partial charge in [0, 0.05) is 54.0 Å². The molecule has 4 rings (SSSR count). The normalized spacial score (nSPS) is 17.8. The predicted molar refractivity (Wildman–Crippen MR) is 117 cm³/mol. The maximum absolute atomic E-state index is 13.5. The highest BCUT2D eigenvalue weighted by atomic mass is 35.5. The van der Waals surface area contributed by atoms with Crippen LogP contribution in [0.2, 0.25) is 10.0 Å². The minimum atomic E-state index is -4.50. The second-order valence-corrected chi connectivity index (χ2v) is 9.23. The molecule has 1 aromatic carbocycles. The molecule has 0 unspecified atom stereocenters. The van der Waals surface area contributed by atoms with Crippen LogP contribution in [0.25, 0.3) is 0 Å². The summed E-state index contributed by atoms with van der Waals surface area (Å²) in [5, 5.41) is 5.03. The van der Waals surface area contributed by atoms with E-state index in [1.165, 1.54) is 4.68 Å². The first kappa shape index (κ1) is 23.4. The van der Waals surface area contributed by atoms with E-state index in [4.69, 9.17) is 23.2 Å². The summed E-state index contributed by atoms with van der Waals surface area (Å²) >= 11 is 12.2. The Morgan fingerprint density at radius 1 is 1.03 bits per heavy atom. The first-order valence-corrected chi connectivity index (χ1v) is 11.6. The van der Waals surface area contributed by atoms with E-state index in [9.17, 15) is 18.0 Å². The molecule has 2 aliphatic rings. The third-order valence-electron chi connectivity index (χ3n) is 6.19. The molecule has 0 radical (unpaired) electrons. The summed E-state index contributed by atoms with van der Waals surface area (Å²) in [6.45, 7) is 2.85. The number of alkyl halides is 3. The monoisotopic (exact) mass is 488 g/mol. The van der Waals surface area contributed by atoms with Crippen LogP contribution in [-0.2, 0) is 36.9 Å². The molecular weight excluding hydrogens is 464 g/mol. The van der Waals surface area contributed by atoms with E-state index in [1.807, 2.05) is 6.07 Å². The van der Waals surface area contributed by atoms with Crippen molar-refractivity contribution in [3.63, 3.8) is 0 Å². The molecule has 5 nitrogen and oxygen atoms in total. The van der Waals surface area contributed by atoms with Crippen molar-refractivity contribution in [2.24, 2.45) is 0 Å². The maximum atomic E-state index is 13.5. The van der Waals surface area contributed by atoms with Crippen molar-refractivity contribution >= 4 is 29.1 Å². The van der Waals surface area contributed by atoms with Gasteiger partial charge in [-0.05, 0) is 43.4 Å². The van der Waals surface area contributed by atoms with Crippen LogP contribution in [0.4, 0.5) is 13.2 Å². The molecule has 0 N–H and O–H groups in total. The van der Waals surface area contributed by atoms with Crippen molar-refractivity contribution in [3.05, 3.63) is 50.8 Å². The summed E-state index contributed by atoms with van der Waals surface area (Å²) in [4.78, 5) is 16.8. The average molecular weight is 489 g/mol. The number of rotatable bonds is 4. The molecule has 10 heteroatoms. The van der Waals surface area contributed by atoms with E-state index in [1.54, 1.807) is 17.0 Å². The van der Waals surface area contributed by atoms with Crippen LogP contribution in [0, 0.1) is 0 Å². The molecule has 1 saturated heterocycles. The van der Waals surface area contributed by atoms with Gasteiger partial charge in [0.1, 0.15) is 6.54 Å². The van der Waals surface area contributed by atoms with Crippen LogP contribution in [0.15, 0.2) is 18.2 Å². The standard InChI is InChI=1S/C22H25Cl2F3N4O/c23-16-7-6-15(18(24)12-16)13-29-8-10-30(11-9-29)20(32)14-31-19-5-3-1-2-4-17(19)21(28-31)22(25,26)27/h6-7,12H,1-5,8-11,13-14H2. The Labute approximate surface area is 195 Å². The van der Waals surface area contributed by atoms with Crippen molar-refractivity contribution in [2.75, 3.05) is 26.2 Å². The summed E-state index contributed by atoms with van der Waals surface area (Å²) in [5.74, 6) is -0.197. The van der Waals surface area contributed by atoms with Crippen LogP contribution in [0.5, 0.6) is 0 Å². The summed E-state index contributed by atoms with van der Waals surface area (Å²) in [5.41, 5.74) is 0.980. The lowest BCUT2D eigenvalue weighted by Crippen LogP contribution is -2.49. The number of nitrogens with zero attached hydrogens (tertiary/aromatic N) is 4. The van der Waals surface area contributed by atoms with Crippen molar-refractivity contribution in [1.29, 1.82) is 0 Å². The van der Waals surface area contributed by atoms with Gasteiger partial charge in [0.05, 0.1) is 0 Å². The molecule has 32 heavy (non-hydrogen) atoms. The third-order valence-corrected chi connectivity index (χ3v) is 6.78. The molecule has 2 heterocycles. The zero-order valence-corrected chi connectivity index (χ0v) is 19.1. The van der Waals surface area contributed by atoms with Crippen molar-refractivity contribution in [2.45, 2.75) is 51.4 Å². The maximum Gasteiger partial charge on any atom is 0.435 e. The molecular formula is C22H25Cl2F3N4O. The highest BCUT2D eigenvalue weighted by Crippen LogP contribution is 2.35. The average Bonchev–Trinajstić information content (AvgIpc) is 2.92. The zero-order valence-electron chi connectivity index (χ0n) is 17.6. The third kappa shape index (κ3) is 5.24. The summed E-state index contributed by atoms with van der Waals surface area (Å²) in [7, 11) is 0. The van der Waals surface area contributed by atoms with Gasteiger partial charge in [-0.3, -0.25) is 14.4 Å². The largest absolute Gasteiger partial charge is 0.435 e. The fraction of sp³-hybridized carbons (Fsp3) is 0.545. The van der Waals surface area contributed by atoms with Crippen LogP contribution >= 0.6 is 23.2 Å². The van der Waals surface area contributed by atoms with Crippen LogP contribution in [0.3, 0.4) is 0 Å². The summed E-state index contributed by atoms with van der Waals surface area (Å²) < 4.78 is 41.8. The van der Waals surface area contributed by atoms with Gasteiger partial charge in [-0.15, -0.1) is 0 Å². The molecule has 0 spiro atoms. The first-order valence-electron chi connectivity index (χ1n) is 10.8. The molecule has 1 aromatic heterocycles. The van der Waals surface area contributed by atoms with Gasteiger partial charge in [0.2, 0.25) is 5.91 Å². The first-order chi connectivity index (χ1) is 15.2. The molecule has 1 aliphatic heterocycles. The Morgan fingerprint density at radius 3 is 2.44 bits per heavy atom. The number of carbonyl (C=O) groups excluding carboxylic acids is 1. The lowest BCUT2D eigenvalue weighted by Gasteiger charge is -2.35. The number of halogens is 5. The van der Waals surface area contributed by atoms with Crippen LogP contribution < -0.4 is 0 Å². The highest BCUT2D eigenvalue weighted by molar-refractivity contribution is 6.35. The van der Waals surface area contributed by atoms with E-state index >= 15 is 0 Å². The minimum Gasteiger partial charge on any atom is -0.339 e. The van der Waals surface area contributed by atoms with E-state index < -0.39 is 11.9 Å². The van der Waals surface area contributed by atoms with E-state index in [0.29, 0.717) is 61.3 Å². The minimum absolute atomic E-state index is 0.151. The van der Waals surface area contributed by atoms with Crippen LogP contribution in [0.1, 0.15) is 41.8 Å². The number of hydrogen-bond acceptors (Lipinski definition) is 3. The van der Waals surface area contributed by atoms with Gasteiger partial charge >= 0.3 is 6.18 Å². The van der Waals surface area contributed by atoms with Gasteiger partial charge in [-0.2, -0.15) is 18.3 Å². The molecule has 174 valence electrons. The van der Waals surface area contributed by atoms with Crippen molar-refractivity contribution < 1.29 is 18.0 Å². The molecule has 0 atom stereocenters. The number of fused-ring (bicyclic) bond motifs is 1. The summed E-state index contributed by atoms with van der Waals surface area (Å²) in [6.07, 6.45) is -1.19. The predicted octanol–water partition coefficient (Wildman–Crippen LogP) is 4.82. The van der Waals surface area contributed by atoms with Gasteiger partial charge in [0.25, 0.3) is 0 Å². The molecule has 1 amide bonds. The van der Waals surface area contributed by atoms with E-state index in [2.05, 4.69) is 10.00 Å². The fourth-order valence-electron chi connectivity index (χ4n) is 4.48. The fourth-order valence-corrected chi connectivity index (χ4v) is 4.95.